The van der Waals surface area contributed by atoms with Crippen molar-refractivity contribution in [2.24, 2.45) is 5.10 Å². The summed E-state index contributed by atoms with van der Waals surface area (Å²) in [6.45, 7) is 2.07. The second kappa shape index (κ2) is 8.49. The number of hydrogen-bond acceptors (Lipinski definition) is 3. The van der Waals surface area contributed by atoms with Crippen LogP contribution in [0, 0.1) is 6.92 Å². The number of rotatable bonds is 6. The molecule has 4 heteroatoms. The molecule has 1 amide bonds. The predicted molar refractivity (Wildman–Crippen MR) is 106 cm³/mol. The van der Waals surface area contributed by atoms with Crippen molar-refractivity contribution in [1.82, 2.24) is 5.43 Å². The van der Waals surface area contributed by atoms with E-state index in [2.05, 4.69) is 59.9 Å². The molecule has 0 aromatic heterocycles. The number of carbonyl (C=O) groups is 1. The lowest BCUT2D eigenvalue weighted by molar-refractivity contribution is -0.120. The first kappa shape index (κ1) is 17.2. The Morgan fingerprint density at radius 2 is 1.80 bits per heavy atom. The Morgan fingerprint density at radius 1 is 1.04 bits per heavy atom. The SMILES string of the molecule is Cc1ccc(SCCC(=O)N/N=C\c2cccc3ccccc23)cc1. The maximum Gasteiger partial charge on any atom is 0.240 e. The third-order valence-corrected chi connectivity index (χ3v) is 4.85. The number of carbonyl (C=O) groups excluding carboxylic acids is 1. The second-order valence-electron chi connectivity index (χ2n) is 5.77. The van der Waals surface area contributed by atoms with Crippen LogP contribution in [-0.4, -0.2) is 17.9 Å². The summed E-state index contributed by atoms with van der Waals surface area (Å²) in [5, 5.41) is 6.38. The van der Waals surface area contributed by atoms with Crippen LogP contribution in [0.5, 0.6) is 0 Å². The van der Waals surface area contributed by atoms with Gasteiger partial charge in [0.1, 0.15) is 0 Å². The van der Waals surface area contributed by atoms with Crippen molar-refractivity contribution in [3.8, 4) is 0 Å². The summed E-state index contributed by atoms with van der Waals surface area (Å²) in [6, 6.07) is 22.5. The first-order valence-corrected chi connectivity index (χ1v) is 9.20. The third kappa shape index (κ3) is 4.94. The maximum atomic E-state index is 11.9. The topological polar surface area (TPSA) is 41.5 Å². The average Bonchev–Trinajstić information content (AvgIpc) is 2.64. The highest BCUT2D eigenvalue weighted by atomic mass is 32.2. The van der Waals surface area contributed by atoms with E-state index >= 15 is 0 Å². The summed E-state index contributed by atoms with van der Waals surface area (Å²) < 4.78 is 0. The minimum Gasteiger partial charge on any atom is -0.273 e. The normalized spacial score (nSPS) is 11.1. The van der Waals surface area contributed by atoms with Gasteiger partial charge in [0.25, 0.3) is 0 Å². The molecular formula is C21H20N2OS. The molecule has 3 aromatic carbocycles. The van der Waals surface area contributed by atoms with Crippen LogP contribution in [0.2, 0.25) is 0 Å². The summed E-state index contributed by atoms with van der Waals surface area (Å²) in [6.07, 6.45) is 2.14. The van der Waals surface area contributed by atoms with Gasteiger partial charge in [0.2, 0.25) is 5.91 Å². The fraction of sp³-hybridized carbons (Fsp3) is 0.143. The van der Waals surface area contributed by atoms with Gasteiger partial charge < -0.3 is 0 Å². The molecule has 0 bridgehead atoms. The molecule has 0 heterocycles. The number of hydrogen-bond donors (Lipinski definition) is 1. The van der Waals surface area contributed by atoms with Gasteiger partial charge in [-0.1, -0.05) is 60.2 Å². The number of fused-ring (bicyclic) bond motifs is 1. The van der Waals surface area contributed by atoms with Gasteiger partial charge in [-0.3, -0.25) is 4.79 Å². The molecule has 0 aliphatic carbocycles. The molecule has 0 spiro atoms. The molecule has 25 heavy (non-hydrogen) atoms. The average molecular weight is 348 g/mol. The van der Waals surface area contributed by atoms with Gasteiger partial charge in [0.15, 0.2) is 0 Å². The third-order valence-electron chi connectivity index (χ3n) is 3.84. The van der Waals surface area contributed by atoms with E-state index in [1.165, 1.54) is 10.5 Å². The molecule has 1 N–H and O–H groups in total. The number of hydrazone groups is 1. The minimum atomic E-state index is -0.0731. The molecule has 3 aromatic rings. The lowest BCUT2D eigenvalue weighted by Crippen LogP contribution is -2.17. The number of thioether (sulfide) groups is 1. The second-order valence-corrected chi connectivity index (χ2v) is 6.94. The monoisotopic (exact) mass is 348 g/mol. The van der Waals surface area contributed by atoms with E-state index in [0.29, 0.717) is 6.42 Å². The maximum absolute atomic E-state index is 11.9. The fourth-order valence-electron chi connectivity index (χ4n) is 2.49. The van der Waals surface area contributed by atoms with Crippen LogP contribution in [0.3, 0.4) is 0 Å². The molecular weight excluding hydrogens is 328 g/mol. The van der Waals surface area contributed by atoms with Crippen LogP contribution in [0.1, 0.15) is 17.5 Å². The van der Waals surface area contributed by atoms with E-state index in [9.17, 15) is 4.79 Å². The van der Waals surface area contributed by atoms with Gasteiger partial charge in [-0.15, -0.1) is 11.8 Å². The van der Waals surface area contributed by atoms with Gasteiger partial charge in [-0.05, 0) is 29.8 Å². The summed E-state index contributed by atoms with van der Waals surface area (Å²) in [4.78, 5) is 13.1. The number of amides is 1. The molecule has 0 aliphatic rings. The Morgan fingerprint density at radius 3 is 2.64 bits per heavy atom. The Labute approximate surface area is 152 Å². The highest BCUT2D eigenvalue weighted by Crippen LogP contribution is 2.19. The quantitative estimate of drug-likeness (QED) is 0.396. The van der Waals surface area contributed by atoms with Crippen molar-refractivity contribution in [1.29, 1.82) is 0 Å². The molecule has 0 radical (unpaired) electrons. The van der Waals surface area contributed by atoms with Crippen molar-refractivity contribution in [2.45, 2.75) is 18.2 Å². The van der Waals surface area contributed by atoms with Crippen molar-refractivity contribution < 1.29 is 4.79 Å². The highest BCUT2D eigenvalue weighted by Gasteiger charge is 2.01. The molecule has 0 fully saturated rings. The zero-order valence-corrected chi connectivity index (χ0v) is 14.9. The first-order chi connectivity index (χ1) is 12.2. The lowest BCUT2D eigenvalue weighted by Gasteiger charge is -2.03. The molecule has 0 atom stereocenters. The van der Waals surface area contributed by atoms with E-state index < -0.39 is 0 Å². The summed E-state index contributed by atoms with van der Waals surface area (Å²) in [7, 11) is 0. The number of nitrogens with zero attached hydrogens (tertiary/aromatic N) is 1. The van der Waals surface area contributed by atoms with E-state index in [1.807, 2.05) is 24.3 Å². The van der Waals surface area contributed by atoms with Crippen molar-refractivity contribution in [3.05, 3.63) is 77.9 Å². The van der Waals surface area contributed by atoms with E-state index in [-0.39, 0.29) is 5.91 Å². The largest absolute Gasteiger partial charge is 0.273 e. The summed E-state index contributed by atoms with van der Waals surface area (Å²) in [5.41, 5.74) is 4.84. The van der Waals surface area contributed by atoms with Crippen LogP contribution < -0.4 is 5.43 Å². The summed E-state index contributed by atoms with van der Waals surface area (Å²) >= 11 is 1.68. The molecule has 0 aliphatic heterocycles. The van der Waals surface area contributed by atoms with Crippen LogP contribution in [0.4, 0.5) is 0 Å². The van der Waals surface area contributed by atoms with Crippen LogP contribution in [0.25, 0.3) is 10.8 Å². The molecule has 0 saturated carbocycles. The zero-order valence-electron chi connectivity index (χ0n) is 14.1. The van der Waals surface area contributed by atoms with Gasteiger partial charge in [-0.2, -0.15) is 5.10 Å². The minimum absolute atomic E-state index is 0.0731. The Balaban J connectivity index is 1.50. The van der Waals surface area contributed by atoms with E-state index in [4.69, 9.17) is 0 Å². The van der Waals surface area contributed by atoms with Gasteiger partial charge in [0.05, 0.1) is 6.21 Å². The lowest BCUT2D eigenvalue weighted by atomic mass is 10.1. The van der Waals surface area contributed by atoms with Crippen LogP contribution in [-0.2, 0) is 4.79 Å². The van der Waals surface area contributed by atoms with E-state index in [1.54, 1.807) is 18.0 Å². The smallest absolute Gasteiger partial charge is 0.240 e. The fourth-order valence-corrected chi connectivity index (χ4v) is 3.34. The van der Waals surface area contributed by atoms with Crippen molar-refractivity contribution >= 4 is 34.7 Å². The number of nitrogens with one attached hydrogen (secondary N) is 1. The molecule has 3 nitrogen and oxygen atoms in total. The Hall–Kier alpha value is -2.59. The number of aryl methyl sites for hydroxylation is 1. The highest BCUT2D eigenvalue weighted by molar-refractivity contribution is 7.99. The standard InChI is InChI=1S/C21H20N2OS/c1-16-9-11-19(12-10-16)25-14-13-21(24)23-22-15-18-7-4-6-17-5-2-3-8-20(17)18/h2-12,15H,13-14H2,1H3,(H,23,24)/b22-15-. The summed E-state index contributed by atoms with van der Waals surface area (Å²) in [5.74, 6) is 0.662. The van der Waals surface area contributed by atoms with E-state index in [0.717, 1.165) is 22.1 Å². The van der Waals surface area contributed by atoms with Gasteiger partial charge >= 0.3 is 0 Å². The molecule has 3 rings (SSSR count). The first-order valence-electron chi connectivity index (χ1n) is 8.21. The molecule has 0 saturated heterocycles. The Kier molecular flexibility index (Phi) is 5.86. The van der Waals surface area contributed by atoms with Crippen molar-refractivity contribution in [2.75, 3.05) is 5.75 Å². The van der Waals surface area contributed by atoms with Crippen molar-refractivity contribution in [3.63, 3.8) is 0 Å². The zero-order chi connectivity index (χ0) is 17.5. The van der Waals surface area contributed by atoms with Crippen LogP contribution in [0.15, 0.2) is 76.7 Å². The Bertz CT molecular complexity index is 883. The van der Waals surface area contributed by atoms with Gasteiger partial charge in [0, 0.05) is 22.6 Å². The predicted octanol–water partition coefficient (Wildman–Crippen LogP) is 4.78. The van der Waals surface area contributed by atoms with Gasteiger partial charge in [-0.25, -0.2) is 5.43 Å². The number of benzene rings is 3. The molecule has 126 valence electrons. The molecule has 0 unspecified atom stereocenters. The van der Waals surface area contributed by atoms with Crippen LogP contribution >= 0.6 is 11.8 Å².